The number of rotatable bonds is 3. The Bertz CT molecular complexity index is 260. The first-order valence-electron chi connectivity index (χ1n) is 5.80. The average molecular weight is 211 g/mol. The summed E-state index contributed by atoms with van der Waals surface area (Å²) in [5.41, 5.74) is 0. The summed E-state index contributed by atoms with van der Waals surface area (Å²) in [6, 6.07) is -0.160. The van der Waals surface area contributed by atoms with Crippen molar-refractivity contribution in [2.75, 3.05) is 6.54 Å². The molecule has 1 aliphatic rings. The van der Waals surface area contributed by atoms with Crippen LogP contribution in [-0.2, 0) is 9.59 Å². The highest BCUT2D eigenvalue weighted by atomic mass is 16.2. The first-order valence-corrected chi connectivity index (χ1v) is 5.80. The lowest BCUT2D eigenvalue weighted by Gasteiger charge is -2.27. The van der Waals surface area contributed by atoms with Crippen LogP contribution >= 0.6 is 0 Å². The van der Waals surface area contributed by atoms with Crippen LogP contribution in [0.15, 0.2) is 0 Å². The Kier molecular flexibility index (Phi) is 3.89. The van der Waals surface area contributed by atoms with Crippen LogP contribution in [0.5, 0.6) is 0 Å². The van der Waals surface area contributed by atoms with Gasteiger partial charge in [0.25, 0.3) is 0 Å². The maximum absolute atomic E-state index is 12.0. The minimum Gasteiger partial charge on any atom is -0.333 e. The molecule has 0 aliphatic carbocycles. The van der Waals surface area contributed by atoms with Crippen molar-refractivity contribution in [3.05, 3.63) is 0 Å². The fraction of sp³-hybridized carbons (Fsp3) is 0.833. The first-order chi connectivity index (χ1) is 6.99. The summed E-state index contributed by atoms with van der Waals surface area (Å²) < 4.78 is 0. The van der Waals surface area contributed by atoms with Gasteiger partial charge >= 0.3 is 0 Å². The third-order valence-electron chi connectivity index (χ3n) is 3.31. The van der Waals surface area contributed by atoms with Gasteiger partial charge in [-0.05, 0) is 12.3 Å². The van der Waals surface area contributed by atoms with Crippen molar-refractivity contribution in [1.82, 2.24) is 4.90 Å². The average Bonchev–Trinajstić information content (AvgIpc) is 2.59. The Morgan fingerprint density at radius 1 is 1.40 bits per heavy atom. The number of Topliss-reactive ketones (excluding diaryl/α,β-unsaturated/α-hetero) is 1. The van der Waals surface area contributed by atoms with Crippen molar-refractivity contribution in [2.45, 2.75) is 46.6 Å². The number of hydrogen-bond acceptors (Lipinski definition) is 2. The van der Waals surface area contributed by atoms with Crippen LogP contribution in [0.25, 0.3) is 0 Å². The van der Waals surface area contributed by atoms with E-state index in [1.807, 2.05) is 13.8 Å². The molecule has 0 spiro atoms. The van der Waals surface area contributed by atoms with Gasteiger partial charge in [0.05, 0.1) is 6.04 Å². The van der Waals surface area contributed by atoms with E-state index in [2.05, 4.69) is 6.92 Å². The normalized spacial score (nSPS) is 26.1. The number of carbonyl (C=O) groups excluding carboxylic acids is 2. The molecule has 15 heavy (non-hydrogen) atoms. The van der Waals surface area contributed by atoms with E-state index in [0.29, 0.717) is 5.92 Å². The number of likely N-dealkylation sites (tertiary alicyclic amines) is 1. The fourth-order valence-corrected chi connectivity index (χ4v) is 2.36. The molecule has 0 aromatic rings. The van der Waals surface area contributed by atoms with Gasteiger partial charge in [-0.15, -0.1) is 0 Å². The zero-order valence-electron chi connectivity index (χ0n) is 10.1. The molecule has 0 saturated carbocycles. The molecular formula is C12H21NO2. The summed E-state index contributed by atoms with van der Waals surface area (Å²) in [7, 11) is 0. The lowest BCUT2D eigenvalue weighted by atomic mass is 9.89. The second-order valence-corrected chi connectivity index (χ2v) is 4.67. The molecule has 0 N–H and O–H groups in total. The van der Waals surface area contributed by atoms with Gasteiger partial charge in [-0.3, -0.25) is 9.59 Å². The van der Waals surface area contributed by atoms with Crippen LogP contribution in [0.2, 0.25) is 0 Å². The maximum atomic E-state index is 12.0. The fourth-order valence-electron chi connectivity index (χ4n) is 2.36. The van der Waals surface area contributed by atoms with Crippen molar-refractivity contribution in [3.63, 3.8) is 0 Å². The maximum Gasteiger partial charge on any atom is 0.220 e. The molecule has 1 heterocycles. The monoisotopic (exact) mass is 211 g/mol. The van der Waals surface area contributed by atoms with E-state index >= 15 is 0 Å². The number of ketones is 1. The van der Waals surface area contributed by atoms with E-state index in [0.717, 1.165) is 19.4 Å². The molecule has 1 rings (SSSR count). The van der Waals surface area contributed by atoms with Gasteiger partial charge in [0.1, 0.15) is 0 Å². The van der Waals surface area contributed by atoms with Gasteiger partial charge in [0.15, 0.2) is 5.78 Å². The second-order valence-electron chi connectivity index (χ2n) is 4.67. The smallest absolute Gasteiger partial charge is 0.220 e. The molecule has 0 aromatic heterocycles. The number of carbonyl (C=O) groups is 2. The molecule has 0 radical (unpaired) electrons. The molecule has 3 nitrogen and oxygen atoms in total. The summed E-state index contributed by atoms with van der Waals surface area (Å²) in [4.78, 5) is 25.2. The Hall–Kier alpha value is -0.860. The number of nitrogens with zero attached hydrogens (tertiary/aromatic N) is 1. The highest BCUT2D eigenvalue weighted by Crippen LogP contribution is 2.29. The van der Waals surface area contributed by atoms with E-state index in [4.69, 9.17) is 0 Å². The summed E-state index contributed by atoms with van der Waals surface area (Å²) in [5, 5.41) is 0. The van der Waals surface area contributed by atoms with Crippen LogP contribution < -0.4 is 0 Å². The lowest BCUT2D eigenvalue weighted by Crippen LogP contribution is -2.44. The van der Waals surface area contributed by atoms with Crippen LogP contribution in [0, 0.1) is 11.8 Å². The third-order valence-corrected chi connectivity index (χ3v) is 3.31. The van der Waals surface area contributed by atoms with E-state index in [1.54, 1.807) is 11.8 Å². The van der Waals surface area contributed by atoms with Crippen molar-refractivity contribution < 1.29 is 9.59 Å². The Morgan fingerprint density at radius 2 is 2.00 bits per heavy atom. The van der Waals surface area contributed by atoms with Gasteiger partial charge in [-0.25, -0.2) is 0 Å². The highest BCUT2D eigenvalue weighted by Gasteiger charge is 2.39. The van der Waals surface area contributed by atoms with Gasteiger partial charge < -0.3 is 4.90 Å². The standard InChI is InChI=1S/C12H21NO2/c1-5-10-6-7-13(9(4)14)11(10)12(15)8(2)3/h8,10-11H,5-7H2,1-4H3. The molecule has 1 aliphatic heterocycles. The minimum atomic E-state index is -0.160. The van der Waals surface area contributed by atoms with Crippen molar-refractivity contribution in [2.24, 2.45) is 11.8 Å². The third kappa shape index (κ3) is 2.39. The number of amides is 1. The first kappa shape index (κ1) is 12.2. The van der Waals surface area contributed by atoms with E-state index in [1.165, 1.54) is 0 Å². The second kappa shape index (κ2) is 4.77. The summed E-state index contributed by atoms with van der Waals surface area (Å²) in [6.45, 7) is 8.21. The molecule has 1 fully saturated rings. The molecule has 0 aromatic carbocycles. The van der Waals surface area contributed by atoms with Crippen LogP contribution in [0.4, 0.5) is 0 Å². The SMILES string of the molecule is CCC1CCN(C(C)=O)C1C(=O)C(C)C. The molecule has 2 unspecified atom stereocenters. The van der Waals surface area contributed by atoms with Gasteiger partial charge in [-0.2, -0.15) is 0 Å². The highest BCUT2D eigenvalue weighted by molar-refractivity contribution is 5.90. The van der Waals surface area contributed by atoms with Crippen LogP contribution in [-0.4, -0.2) is 29.2 Å². The summed E-state index contributed by atoms with van der Waals surface area (Å²) in [6.07, 6.45) is 1.95. The van der Waals surface area contributed by atoms with E-state index < -0.39 is 0 Å². The predicted molar refractivity (Wildman–Crippen MR) is 59.4 cm³/mol. The Morgan fingerprint density at radius 3 is 2.40 bits per heavy atom. The largest absolute Gasteiger partial charge is 0.333 e. The van der Waals surface area contributed by atoms with Gasteiger partial charge in [0, 0.05) is 19.4 Å². The minimum absolute atomic E-state index is 0.0176. The number of hydrogen-bond donors (Lipinski definition) is 0. The molecule has 2 atom stereocenters. The van der Waals surface area contributed by atoms with E-state index in [-0.39, 0.29) is 23.7 Å². The molecule has 1 saturated heterocycles. The predicted octanol–water partition coefficient (Wildman–Crippen LogP) is 1.86. The molecular weight excluding hydrogens is 190 g/mol. The van der Waals surface area contributed by atoms with Gasteiger partial charge in [-0.1, -0.05) is 27.2 Å². The Balaban J connectivity index is 2.86. The molecule has 86 valence electrons. The lowest BCUT2D eigenvalue weighted by molar-refractivity contribution is -0.138. The van der Waals surface area contributed by atoms with Gasteiger partial charge in [0.2, 0.25) is 5.91 Å². The van der Waals surface area contributed by atoms with Crippen LogP contribution in [0.3, 0.4) is 0 Å². The molecule has 0 bridgehead atoms. The molecule has 1 amide bonds. The zero-order chi connectivity index (χ0) is 11.6. The molecule has 3 heteroatoms. The summed E-state index contributed by atoms with van der Waals surface area (Å²) >= 11 is 0. The Labute approximate surface area is 91.8 Å². The van der Waals surface area contributed by atoms with E-state index in [9.17, 15) is 9.59 Å². The van der Waals surface area contributed by atoms with Crippen molar-refractivity contribution in [1.29, 1.82) is 0 Å². The quantitative estimate of drug-likeness (QED) is 0.714. The summed E-state index contributed by atoms with van der Waals surface area (Å²) in [5.74, 6) is 0.632. The van der Waals surface area contributed by atoms with Crippen molar-refractivity contribution >= 4 is 11.7 Å². The zero-order valence-corrected chi connectivity index (χ0v) is 10.1. The van der Waals surface area contributed by atoms with Crippen LogP contribution in [0.1, 0.15) is 40.5 Å². The van der Waals surface area contributed by atoms with Crippen molar-refractivity contribution in [3.8, 4) is 0 Å². The topological polar surface area (TPSA) is 37.4 Å².